The molecule has 1 atom stereocenters. The van der Waals surface area contributed by atoms with Gasteiger partial charge in [-0.2, -0.15) is 0 Å². The Hall–Kier alpha value is -2.73. The summed E-state index contributed by atoms with van der Waals surface area (Å²) >= 11 is 0. The van der Waals surface area contributed by atoms with Crippen molar-refractivity contribution in [3.05, 3.63) is 59.4 Å². The average Bonchev–Trinajstić information content (AvgIpc) is 2.49. The van der Waals surface area contributed by atoms with Crippen LogP contribution in [0.15, 0.2) is 42.5 Å². The summed E-state index contributed by atoms with van der Waals surface area (Å²) in [5, 5.41) is 5.48. The van der Waals surface area contributed by atoms with E-state index in [1.165, 1.54) is 18.2 Å². The van der Waals surface area contributed by atoms with Crippen LogP contribution in [0.1, 0.15) is 11.1 Å². The normalized spacial score (nSPS) is 11.7. The Morgan fingerprint density at radius 1 is 1.00 bits per heavy atom. The van der Waals surface area contributed by atoms with E-state index in [0.29, 0.717) is 5.69 Å². The number of hydrogen-bond acceptors (Lipinski definition) is 2. The second kappa shape index (κ2) is 8.39. The molecule has 0 saturated heterocycles. The Bertz CT molecular complexity index is 777. The molecule has 0 aliphatic rings. The van der Waals surface area contributed by atoms with E-state index in [1.54, 1.807) is 13.1 Å². The van der Waals surface area contributed by atoms with Gasteiger partial charge < -0.3 is 15.5 Å². The molecule has 1 unspecified atom stereocenters. The van der Waals surface area contributed by atoms with Crippen LogP contribution in [0, 0.1) is 19.7 Å². The third kappa shape index (κ3) is 6.00. The third-order valence-electron chi connectivity index (χ3n) is 3.69. The number of carbonyl (C=O) groups excluding carboxylic acids is 2. The third-order valence-corrected chi connectivity index (χ3v) is 3.69. The molecule has 2 amide bonds. The van der Waals surface area contributed by atoms with Crippen LogP contribution in [0.2, 0.25) is 0 Å². The number of quaternary nitrogens is 1. The predicted octanol–water partition coefficient (Wildman–Crippen LogP) is 1.53. The summed E-state index contributed by atoms with van der Waals surface area (Å²) in [5.74, 6) is -0.850. The zero-order valence-corrected chi connectivity index (χ0v) is 14.7. The summed E-state index contributed by atoms with van der Waals surface area (Å²) in [6.45, 7) is 4.19. The number of anilines is 2. The number of carbonyl (C=O) groups is 2. The van der Waals surface area contributed by atoms with Crippen LogP contribution < -0.4 is 15.5 Å². The topological polar surface area (TPSA) is 62.6 Å². The summed E-state index contributed by atoms with van der Waals surface area (Å²) in [6, 6.07) is 11.5. The van der Waals surface area contributed by atoms with Gasteiger partial charge >= 0.3 is 0 Å². The highest BCUT2D eigenvalue weighted by Gasteiger charge is 2.15. The van der Waals surface area contributed by atoms with E-state index in [4.69, 9.17) is 0 Å². The average molecular weight is 344 g/mol. The summed E-state index contributed by atoms with van der Waals surface area (Å²) in [7, 11) is 1.76. The monoisotopic (exact) mass is 344 g/mol. The summed E-state index contributed by atoms with van der Waals surface area (Å²) in [5.41, 5.74) is 3.30. The van der Waals surface area contributed by atoms with Crippen molar-refractivity contribution >= 4 is 23.2 Å². The number of halogens is 1. The summed E-state index contributed by atoms with van der Waals surface area (Å²) in [4.78, 5) is 24.8. The van der Waals surface area contributed by atoms with Crippen LogP contribution in [0.25, 0.3) is 0 Å². The fourth-order valence-electron chi connectivity index (χ4n) is 2.53. The lowest BCUT2D eigenvalue weighted by molar-refractivity contribution is -0.862. The predicted molar refractivity (Wildman–Crippen MR) is 96.2 cm³/mol. The van der Waals surface area contributed by atoms with E-state index in [-0.39, 0.29) is 24.9 Å². The minimum atomic E-state index is -0.411. The van der Waals surface area contributed by atoms with Gasteiger partial charge in [0.1, 0.15) is 5.82 Å². The molecule has 6 heteroatoms. The maximum Gasteiger partial charge on any atom is 0.279 e. The first-order chi connectivity index (χ1) is 11.8. The van der Waals surface area contributed by atoms with Crippen molar-refractivity contribution in [3.63, 3.8) is 0 Å². The smallest absolute Gasteiger partial charge is 0.279 e. The molecular weight excluding hydrogens is 321 g/mol. The molecular formula is C19H23FN3O2+. The molecule has 132 valence electrons. The second-order valence-corrected chi connectivity index (χ2v) is 6.24. The standard InChI is InChI=1S/C19H22FN3O2/c1-13-7-8-17(14(2)9-13)22-19(25)12-23(3)11-18(24)21-16-6-4-5-15(20)10-16/h4-10H,11-12H2,1-3H3,(H,21,24)(H,22,25)/p+1. The fourth-order valence-corrected chi connectivity index (χ4v) is 2.53. The number of benzene rings is 2. The summed E-state index contributed by atoms with van der Waals surface area (Å²) in [6.07, 6.45) is 0. The van der Waals surface area contributed by atoms with Crippen molar-refractivity contribution in [1.29, 1.82) is 0 Å². The Kier molecular flexibility index (Phi) is 6.25. The fraction of sp³-hybridized carbons (Fsp3) is 0.263. The molecule has 2 rings (SSSR count). The molecule has 2 aromatic carbocycles. The second-order valence-electron chi connectivity index (χ2n) is 6.24. The number of aryl methyl sites for hydroxylation is 2. The molecule has 25 heavy (non-hydrogen) atoms. The molecule has 5 nitrogen and oxygen atoms in total. The highest BCUT2D eigenvalue weighted by Crippen LogP contribution is 2.15. The van der Waals surface area contributed by atoms with E-state index in [2.05, 4.69) is 10.6 Å². The van der Waals surface area contributed by atoms with E-state index < -0.39 is 5.82 Å². The van der Waals surface area contributed by atoms with Crippen molar-refractivity contribution in [2.24, 2.45) is 0 Å². The van der Waals surface area contributed by atoms with Crippen molar-refractivity contribution < 1.29 is 18.9 Å². The van der Waals surface area contributed by atoms with Gasteiger partial charge in [0.2, 0.25) is 0 Å². The Morgan fingerprint density at radius 2 is 1.68 bits per heavy atom. The molecule has 0 aromatic heterocycles. The SMILES string of the molecule is Cc1ccc(NC(=O)C[NH+](C)CC(=O)Nc2cccc(F)c2)c(C)c1. The molecule has 0 radical (unpaired) electrons. The maximum absolute atomic E-state index is 13.1. The van der Waals surface area contributed by atoms with Crippen LogP contribution >= 0.6 is 0 Å². The van der Waals surface area contributed by atoms with Crippen molar-refractivity contribution in [2.45, 2.75) is 13.8 Å². The van der Waals surface area contributed by atoms with Crippen LogP contribution in [0.3, 0.4) is 0 Å². The largest absolute Gasteiger partial charge is 0.322 e. The molecule has 2 aromatic rings. The number of rotatable bonds is 6. The van der Waals surface area contributed by atoms with Gasteiger partial charge in [0, 0.05) is 11.4 Å². The highest BCUT2D eigenvalue weighted by molar-refractivity contribution is 5.93. The lowest BCUT2D eigenvalue weighted by Gasteiger charge is -2.14. The zero-order chi connectivity index (χ0) is 18.4. The van der Waals surface area contributed by atoms with Crippen LogP contribution in [-0.2, 0) is 9.59 Å². The van der Waals surface area contributed by atoms with Gasteiger partial charge in [0.15, 0.2) is 13.1 Å². The molecule has 0 fully saturated rings. The van der Waals surface area contributed by atoms with E-state index in [9.17, 15) is 14.0 Å². The van der Waals surface area contributed by atoms with Gasteiger partial charge in [0.25, 0.3) is 11.8 Å². The lowest BCUT2D eigenvalue weighted by Crippen LogP contribution is -3.11. The molecule has 0 spiro atoms. The van der Waals surface area contributed by atoms with E-state index >= 15 is 0 Å². The van der Waals surface area contributed by atoms with Crippen LogP contribution in [-0.4, -0.2) is 32.0 Å². The first-order valence-electron chi connectivity index (χ1n) is 8.07. The zero-order valence-electron chi connectivity index (χ0n) is 14.7. The quantitative estimate of drug-likeness (QED) is 0.744. The molecule has 0 heterocycles. The number of likely N-dealkylation sites (N-methyl/N-ethyl adjacent to an activating group) is 1. The minimum absolute atomic E-state index is 0.108. The van der Waals surface area contributed by atoms with Gasteiger partial charge in [-0.15, -0.1) is 0 Å². The number of nitrogens with one attached hydrogen (secondary N) is 3. The Morgan fingerprint density at radius 3 is 2.32 bits per heavy atom. The van der Waals surface area contributed by atoms with Crippen LogP contribution in [0.5, 0.6) is 0 Å². The van der Waals surface area contributed by atoms with Crippen LogP contribution in [0.4, 0.5) is 15.8 Å². The minimum Gasteiger partial charge on any atom is -0.322 e. The van der Waals surface area contributed by atoms with Gasteiger partial charge in [-0.3, -0.25) is 9.59 Å². The van der Waals surface area contributed by atoms with Gasteiger partial charge in [-0.25, -0.2) is 4.39 Å². The molecule has 0 bridgehead atoms. The van der Waals surface area contributed by atoms with Crippen molar-refractivity contribution in [2.75, 3.05) is 30.8 Å². The highest BCUT2D eigenvalue weighted by atomic mass is 19.1. The maximum atomic E-state index is 13.1. The summed E-state index contributed by atoms with van der Waals surface area (Å²) < 4.78 is 13.1. The van der Waals surface area contributed by atoms with E-state index in [1.807, 2.05) is 32.0 Å². The van der Waals surface area contributed by atoms with E-state index in [0.717, 1.165) is 21.7 Å². The van der Waals surface area contributed by atoms with Crippen molar-refractivity contribution in [3.8, 4) is 0 Å². The van der Waals surface area contributed by atoms with Gasteiger partial charge in [-0.1, -0.05) is 23.8 Å². The molecule has 3 N–H and O–H groups in total. The first-order valence-corrected chi connectivity index (χ1v) is 8.07. The Labute approximate surface area is 146 Å². The molecule has 0 aliphatic heterocycles. The van der Waals surface area contributed by atoms with Gasteiger partial charge in [-0.05, 0) is 43.7 Å². The Balaban J connectivity index is 1.83. The molecule has 0 aliphatic carbocycles. The molecule has 0 saturated carbocycles. The van der Waals surface area contributed by atoms with Gasteiger partial charge in [0.05, 0.1) is 7.05 Å². The lowest BCUT2D eigenvalue weighted by atomic mass is 10.1. The number of hydrogen-bond donors (Lipinski definition) is 3. The number of amides is 2. The van der Waals surface area contributed by atoms with Crippen molar-refractivity contribution in [1.82, 2.24) is 0 Å². The first kappa shape index (κ1) is 18.6.